The standard InChI is InChI=1S/C17H19NO2S/c1-12-6-4-8-15(10-12)20-13(2)17(19)18-14-7-5-9-16(11-14)21-3/h4-11,13H,1-3H3,(H,18,19)/t13-/m1/s1. The normalized spacial score (nSPS) is 11.8. The first-order chi connectivity index (χ1) is 10.1. The van der Waals surface area contributed by atoms with Crippen molar-refractivity contribution in [3.05, 3.63) is 54.1 Å². The van der Waals surface area contributed by atoms with Crippen LogP contribution in [0.15, 0.2) is 53.4 Å². The van der Waals surface area contributed by atoms with Crippen LogP contribution in [0.5, 0.6) is 5.75 Å². The van der Waals surface area contributed by atoms with Gasteiger partial charge in [0.1, 0.15) is 5.75 Å². The Morgan fingerprint density at radius 1 is 1.19 bits per heavy atom. The van der Waals surface area contributed by atoms with E-state index in [0.29, 0.717) is 5.75 Å². The third-order valence-electron chi connectivity index (χ3n) is 3.01. The van der Waals surface area contributed by atoms with Crippen molar-refractivity contribution in [3.8, 4) is 5.75 Å². The highest BCUT2D eigenvalue weighted by atomic mass is 32.2. The molecule has 0 spiro atoms. The maximum absolute atomic E-state index is 12.2. The Morgan fingerprint density at radius 3 is 2.67 bits per heavy atom. The van der Waals surface area contributed by atoms with Crippen LogP contribution < -0.4 is 10.1 Å². The minimum Gasteiger partial charge on any atom is -0.481 e. The molecule has 1 amide bonds. The van der Waals surface area contributed by atoms with Crippen LogP contribution in [-0.4, -0.2) is 18.3 Å². The van der Waals surface area contributed by atoms with Gasteiger partial charge in [0.2, 0.25) is 0 Å². The van der Waals surface area contributed by atoms with Crippen LogP contribution in [0, 0.1) is 6.92 Å². The lowest BCUT2D eigenvalue weighted by atomic mass is 10.2. The number of amides is 1. The molecule has 0 unspecified atom stereocenters. The van der Waals surface area contributed by atoms with Gasteiger partial charge in [-0.3, -0.25) is 4.79 Å². The summed E-state index contributed by atoms with van der Waals surface area (Å²) in [6, 6.07) is 15.4. The van der Waals surface area contributed by atoms with Crippen molar-refractivity contribution < 1.29 is 9.53 Å². The quantitative estimate of drug-likeness (QED) is 0.844. The number of rotatable bonds is 5. The molecule has 0 aliphatic carbocycles. The number of carbonyl (C=O) groups is 1. The second-order valence-electron chi connectivity index (χ2n) is 4.80. The van der Waals surface area contributed by atoms with Crippen LogP contribution in [0.4, 0.5) is 5.69 Å². The summed E-state index contributed by atoms with van der Waals surface area (Å²) in [7, 11) is 0. The van der Waals surface area contributed by atoms with E-state index in [2.05, 4.69) is 5.32 Å². The molecule has 0 saturated heterocycles. The molecule has 21 heavy (non-hydrogen) atoms. The Kier molecular flexibility index (Phi) is 5.28. The molecular formula is C17H19NO2S. The fraction of sp³-hybridized carbons (Fsp3) is 0.235. The average molecular weight is 301 g/mol. The summed E-state index contributed by atoms with van der Waals surface area (Å²) in [4.78, 5) is 13.3. The van der Waals surface area contributed by atoms with E-state index in [1.165, 1.54) is 0 Å². The highest BCUT2D eigenvalue weighted by Gasteiger charge is 2.15. The molecule has 2 aromatic rings. The van der Waals surface area contributed by atoms with Crippen LogP contribution >= 0.6 is 11.8 Å². The maximum Gasteiger partial charge on any atom is 0.265 e. The second-order valence-corrected chi connectivity index (χ2v) is 5.68. The molecular weight excluding hydrogens is 282 g/mol. The molecule has 0 saturated carbocycles. The number of anilines is 1. The van der Waals surface area contributed by atoms with E-state index in [4.69, 9.17) is 4.74 Å². The van der Waals surface area contributed by atoms with E-state index in [1.54, 1.807) is 18.7 Å². The van der Waals surface area contributed by atoms with Crippen molar-refractivity contribution in [2.24, 2.45) is 0 Å². The molecule has 0 fully saturated rings. The molecule has 110 valence electrons. The predicted molar refractivity (Wildman–Crippen MR) is 88.1 cm³/mol. The zero-order valence-corrected chi connectivity index (χ0v) is 13.2. The van der Waals surface area contributed by atoms with Gasteiger partial charge in [0.15, 0.2) is 6.10 Å². The number of aryl methyl sites for hydroxylation is 1. The molecule has 0 aliphatic rings. The molecule has 2 rings (SSSR count). The Labute approximate surface area is 129 Å². The number of nitrogens with one attached hydrogen (secondary N) is 1. The van der Waals surface area contributed by atoms with E-state index in [0.717, 1.165) is 16.1 Å². The highest BCUT2D eigenvalue weighted by molar-refractivity contribution is 7.98. The van der Waals surface area contributed by atoms with E-state index >= 15 is 0 Å². The lowest BCUT2D eigenvalue weighted by Gasteiger charge is -2.15. The summed E-state index contributed by atoms with van der Waals surface area (Å²) in [6.45, 7) is 3.74. The van der Waals surface area contributed by atoms with Crippen molar-refractivity contribution >= 4 is 23.4 Å². The van der Waals surface area contributed by atoms with Gasteiger partial charge in [0, 0.05) is 10.6 Å². The molecule has 4 heteroatoms. The minimum absolute atomic E-state index is 0.158. The number of hydrogen-bond donors (Lipinski definition) is 1. The van der Waals surface area contributed by atoms with Gasteiger partial charge in [-0.05, 0) is 56.0 Å². The van der Waals surface area contributed by atoms with Gasteiger partial charge in [-0.25, -0.2) is 0 Å². The van der Waals surface area contributed by atoms with Gasteiger partial charge in [-0.1, -0.05) is 18.2 Å². The molecule has 0 bridgehead atoms. The van der Waals surface area contributed by atoms with E-state index in [1.807, 2.05) is 61.7 Å². The van der Waals surface area contributed by atoms with Crippen molar-refractivity contribution in [2.75, 3.05) is 11.6 Å². The minimum atomic E-state index is -0.551. The smallest absolute Gasteiger partial charge is 0.265 e. The van der Waals surface area contributed by atoms with Gasteiger partial charge >= 0.3 is 0 Å². The number of carbonyl (C=O) groups excluding carboxylic acids is 1. The van der Waals surface area contributed by atoms with Crippen LogP contribution in [0.2, 0.25) is 0 Å². The molecule has 0 heterocycles. The first-order valence-electron chi connectivity index (χ1n) is 6.77. The van der Waals surface area contributed by atoms with Gasteiger partial charge in [0.25, 0.3) is 5.91 Å². The zero-order valence-electron chi connectivity index (χ0n) is 12.4. The number of ether oxygens (including phenoxy) is 1. The summed E-state index contributed by atoms with van der Waals surface area (Å²) in [5, 5.41) is 2.87. The molecule has 0 aliphatic heterocycles. The SMILES string of the molecule is CSc1cccc(NC(=O)[C@@H](C)Oc2cccc(C)c2)c1. The Morgan fingerprint density at radius 2 is 1.95 bits per heavy atom. The van der Waals surface area contributed by atoms with Crippen molar-refractivity contribution in [3.63, 3.8) is 0 Å². The summed E-state index contributed by atoms with van der Waals surface area (Å²) in [6.07, 6.45) is 1.45. The average Bonchev–Trinajstić information content (AvgIpc) is 2.47. The summed E-state index contributed by atoms with van der Waals surface area (Å²) >= 11 is 1.64. The second kappa shape index (κ2) is 7.18. The third kappa shape index (κ3) is 4.53. The van der Waals surface area contributed by atoms with E-state index < -0.39 is 6.10 Å². The van der Waals surface area contributed by atoms with Crippen molar-refractivity contribution in [2.45, 2.75) is 24.8 Å². The van der Waals surface area contributed by atoms with Gasteiger partial charge in [0.05, 0.1) is 0 Å². The van der Waals surface area contributed by atoms with Crippen LogP contribution in [0.1, 0.15) is 12.5 Å². The first-order valence-corrected chi connectivity index (χ1v) is 7.99. The fourth-order valence-electron chi connectivity index (χ4n) is 1.89. The largest absolute Gasteiger partial charge is 0.481 e. The van der Waals surface area contributed by atoms with E-state index in [-0.39, 0.29) is 5.91 Å². The number of thioether (sulfide) groups is 1. The lowest BCUT2D eigenvalue weighted by molar-refractivity contribution is -0.122. The lowest BCUT2D eigenvalue weighted by Crippen LogP contribution is -2.30. The van der Waals surface area contributed by atoms with Crippen molar-refractivity contribution in [1.82, 2.24) is 0 Å². The van der Waals surface area contributed by atoms with Gasteiger partial charge < -0.3 is 10.1 Å². The first kappa shape index (κ1) is 15.4. The Hall–Kier alpha value is -1.94. The topological polar surface area (TPSA) is 38.3 Å². The Bertz CT molecular complexity index is 628. The number of benzene rings is 2. The molecule has 3 nitrogen and oxygen atoms in total. The van der Waals surface area contributed by atoms with Gasteiger partial charge in [-0.15, -0.1) is 11.8 Å². The third-order valence-corrected chi connectivity index (χ3v) is 3.73. The molecule has 0 aromatic heterocycles. The Balaban J connectivity index is 1.99. The zero-order chi connectivity index (χ0) is 15.2. The molecule has 2 aromatic carbocycles. The van der Waals surface area contributed by atoms with Crippen molar-refractivity contribution in [1.29, 1.82) is 0 Å². The maximum atomic E-state index is 12.2. The fourth-order valence-corrected chi connectivity index (χ4v) is 2.35. The van der Waals surface area contributed by atoms with Gasteiger partial charge in [-0.2, -0.15) is 0 Å². The number of hydrogen-bond acceptors (Lipinski definition) is 3. The highest BCUT2D eigenvalue weighted by Crippen LogP contribution is 2.20. The summed E-state index contributed by atoms with van der Waals surface area (Å²) in [5.74, 6) is 0.547. The summed E-state index contributed by atoms with van der Waals surface area (Å²) < 4.78 is 5.67. The summed E-state index contributed by atoms with van der Waals surface area (Å²) in [5.41, 5.74) is 1.89. The van der Waals surface area contributed by atoms with E-state index in [9.17, 15) is 4.79 Å². The molecule has 0 radical (unpaired) electrons. The van der Waals surface area contributed by atoms with Crippen LogP contribution in [0.25, 0.3) is 0 Å². The monoisotopic (exact) mass is 301 g/mol. The van der Waals surface area contributed by atoms with Crippen LogP contribution in [-0.2, 0) is 4.79 Å². The van der Waals surface area contributed by atoms with Crippen LogP contribution in [0.3, 0.4) is 0 Å². The predicted octanol–water partition coefficient (Wildman–Crippen LogP) is 4.12. The molecule has 1 atom stereocenters. The molecule has 1 N–H and O–H groups in total.